The van der Waals surface area contributed by atoms with Crippen molar-refractivity contribution in [3.8, 4) is 5.75 Å². The minimum atomic E-state index is -0.697. The predicted molar refractivity (Wildman–Crippen MR) is 81.7 cm³/mol. The Kier molecular flexibility index (Phi) is 5.17. The van der Waals surface area contributed by atoms with Gasteiger partial charge in [-0.3, -0.25) is 0 Å². The molecule has 2 atom stereocenters. The number of ether oxygens (including phenoxy) is 1. The molecular formula is C16H17BrO3. The van der Waals surface area contributed by atoms with Gasteiger partial charge in [-0.25, -0.2) is 0 Å². The third-order valence-electron chi connectivity index (χ3n) is 3.01. The standard InChI is InChI=1S/C16H17BrO3/c1-11(18)14-8-7-13(17)9-16(14)20-10-15(19)12-5-3-2-4-6-12/h2-9,11,15,18-19H,10H2,1H3. The molecule has 0 fully saturated rings. The summed E-state index contributed by atoms with van der Waals surface area (Å²) in [6, 6.07) is 14.8. The number of aliphatic hydroxyl groups excluding tert-OH is 2. The molecule has 0 aliphatic rings. The lowest BCUT2D eigenvalue weighted by Crippen LogP contribution is -2.11. The first-order chi connectivity index (χ1) is 9.58. The van der Waals surface area contributed by atoms with Gasteiger partial charge in [0.2, 0.25) is 0 Å². The monoisotopic (exact) mass is 336 g/mol. The van der Waals surface area contributed by atoms with E-state index < -0.39 is 12.2 Å². The summed E-state index contributed by atoms with van der Waals surface area (Å²) in [5.41, 5.74) is 1.51. The zero-order chi connectivity index (χ0) is 14.5. The van der Waals surface area contributed by atoms with Gasteiger partial charge in [0.05, 0.1) is 6.10 Å². The summed E-state index contributed by atoms with van der Waals surface area (Å²) < 4.78 is 6.52. The van der Waals surface area contributed by atoms with Gasteiger partial charge in [-0.1, -0.05) is 52.3 Å². The van der Waals surface area contributed by atoms with Crippen LogP contribution in [0.5, 0.6) is 5.75 Å². The highest BCUT2D eigenvalue weighted by molar-refractivity contribution is 9.10. The van der Waals surface area contributed by atoms with Crippen LogP contribution < -0.4 is 4.74 Å². The minimum Gasteiger partial charge on any atom is -0.490 e. The number of rotatable bonds is 5. The van der Waals surface area contributed by atoms with Crippen molar-refractivity contribution >= 4 is 15.9 Å². The van der Waals surface area contributed by atoms with Gasteiger partial charge in [0.15, 0.2) is 0 Å². The molecule has 0 aliphatic heterocycles. The van der Waals surface area contributed by atoms with Crippen molar-refractivity contribution in [2.24, 2.45) is 0 Å². The molecule has 0 spiro atoms. The first kappa shape index (κ1) is 15.0. The van der Waals surface area contributed by atoms with Crippen LogP contribution in [-0.4, -0.2) is 16.8 Å². The highest BCUT2D eigenvalue weighted by atomic mass is 79.9. The van der Waals surface area contributed by atoms with Gasteiger partial charge in [-0.05, 0) is 24.6 Å². The fourth-order valence-electron chi connectivity index (χ4n) is 1.92. The maximum absolute atomic E-state index is 10.1. The molecule has 2 unspecified atom stereocenters. The molecule has 3 nitrogen and oxygen atoms in total. The highest BCUT2D eigenvalue weighted by Gasteiger charge is 2.13. The molecule has 106 valence electrons. The van der Waals surface area contributed by atoms with Crippen molar-refractivity contribution in [1.82, 2.24) is 0 Å². The number of benzene rings is 2. The van der Waals surface area contributed by atoms with E-state index >= 15 is 0 Å². The van der Waals surface area contributed by atoms with E-state index in [4.69, 9.17) is 4.74 Å². The second-order valence-electron chi connectivity index (χ2n) is 4.60. The van der Waals surface area contributed by atoms with Gasteiger partial charge in [0, 0.05) is 10.0 Å². The summed E-state index contributed by atoms with van der Waals surface area (Å²) >= 11 is 3.37. The lowest BCUT2D eigenvalue weighted by Gasteiger charge is -2.16. The summed E-state index contributed by atoms with van der Waals surface area (Å²) in [7, 11) is 0. The molecule has 0 radical (unpaired) electrons. The maximum atomic E-state index is 10.1. The molecule has 0 aromatic heterocycles. The SMILES string of the molecule is CC(O)c1ccc(Br)cc1OCC(O)c1ccccc1. The van der Waals surface area contributed by atoms with E-state index in [1.54, 1.807) is 19.1 Å². The quantitative estimate of drug-likeness (QED) is 0.876. The van der Waals surface area contributed by atoms with Crippen molar-refractivity contribution in [3.05, 3.63) is 64.1 Å². The number of hydrogen-bond acceptors (Lipinski definition) is 3. The second kappa shape index (κ2) is 6.88. The van der Waals surface area contributed by atoms with Crippen LogP contribution in [0.2, 0.25) is 0 Å². The average molecular weight is 337 g/mol. The molecule has 0 aliphatic carbocycles. The van der Waals surface area contributed by atoms with E-state index in [0.717, 1.165) is 10.0 Å². The lowest BCUT2D eigenvalue weighted by atomic mass is 10.1. The van der Waals surface area contributed by atoms with Gasteiger partial charge < -0.3 is 14.9 Å². The third-order valence-corrected chi connectivity index (χ3v) is 3.50. The van der Waals surface area contributed by atoms with Crippen LogP contribution in [0.25, 0.3) is 0 Å². The van der Waals surface area contributed by atoms with E-state index in [2.05, 4.69) is 15.9 Å². The number of aliphatic hydroxyl groups is 2. The Morgan fingerprint density at radius 3 is 2.45 bits per heavy atom. The molecule has 0 saturated heterocycles. The van der Waals surface area contributed by atoms with Gasteiger partial charge >= 0.3 is 0 Å². The summed E-state index contributed by atoms with van der Waals surface area (Å²) in [6.45, 7) is 1.82. The Morgan fingerprint density at radius 2 is 1.80 bits per heavy atom. The average Bonchev–Trinajstić information content (AvgIpc) is 2.45. The number of hydrogen-bond donors (Lipinski definition) is 2. The van der Waals surface area contributed by atoms with Crippen LogP contribution in [0.4, 0.5) is 0 Å². The van der Waals surface area contributed by atoms with Gasteiger partial charge in [-0.2, -0.15) is 0 Å². The van der Waals surface area contributed by atoms with Crippen LogP contribution in [0.3, 0.4) is 0 Å². The highest BCUT2D eigenvalue weighted by Crippen LogP contribution is 2.29. The molecule has 4 heteroatoms. The Morgan fingerprint density at radius 1 is 1.10 bits per heavy atom. The van der Waals surface area contributed by atoms with Crippen LogP contribution in [0.15, 0.2) is 53.0 Å². The van der Waals surface area contributed by atoms with Gasteiger partial charge in [0.25, 0.3) is 0 Å². The molecular weight excluding hydrogens is 320 g/mol. The lowest BCUT2D eigenvalue weighted by molar-refractivity contribution is 0.104. The van der Waals surface area contributed by atoms with Crippen molar-refractivity contribution in [2.75, 3.05) is 6.61 Å². The van der Waals surface area contributed by atoms with Crippen LogP contribution >= 0.6 is 15.9 Å². The van der Waals surface area contributed by atoms with E-state index in [1.165, 1.54) is 0 Å². The molecule has 0 heterocycles. The second-order valence-corrected chi connectivity index (χ2v) is 5.51. The Balaban J connectivity index is 2.09. The summed E-state index contributed by atoms with van der Waals surface area (Å²) in [4.78, 5) is 0. The molecule has 20 heavy (non-hydrogen) atoms. The molecule has 0 amide bonds. The van der Waals surface area contributed by atoms with Crippen molar-refractivity contribution in [1.29, 1.82) is 0 Å². The normalized spacial score (nSPS) is 13.8. The van der Waals surface area contributed by atoms with E-state index in [1.807, 2.05) is 36.4 Å². The van der Waals surface area contributed by atoms with Crippen molar-refractivity contribution in [3.63, 3.8) is 0 Å². The fraction of sp³-hybridized carbons (Fsp3) is 0.250. The smallest absolute Gasteiger partial charge is 0.126 e. The molecule has 2 aromatic carbocycles. The van der Waals surface area contributed by atoms with Crippen LogP contribution in [-0.2, 0) is 0 Å². The summed E-state index contributed by atoms with van der Waals surface area (Å²) in [5, 5.41) is 19.8. The van der Waals surface area contributed by atoms with Crippen LogP contribution in [0.1, 0.15) is 30.3 Å². The fourth-order valence-corrected chi connectivity index (χ4v) is 2.26. The van der Waals surface area contributed by atoms with E-state index in [9.17, 15) is 10.2 Å². The first-order valence-electron chi connectivity index (χ1n) is 6.41. The zero-order valence-corrected chi connectivity index (χ0v) is 12.7. The number of halogens is 1. The molecule has 0 saturated carbocycles. The zero-order valence-electron chi connectivity index (χ0n) is 11.2. The van der Waals surface area contributed by atoms with E-state index in [0.29, 0.717) is 11.3 Å². The Bertz CT molecular complexity index is 555. The molecule has 2 rings (SSSR count). The van der Waals surface area contributed by atoms with Crippen molar-refractivity contribution < 1.29 is 14.9 Å². The van der Waals surface area contributed by atoms with Gasteiger partial charge in [-0.15, -0.1) is 0 Å². The summed E-state index contributed by atoms with van der Waals surface area (Å²) in [6.07, 6.45) is -1.32. The maximum Gasteiger partial charge on any atom is 0.126 e. The first-order valence-corrected chi connectivity index (χ1v) is 7.20. The van der Waals surface area contributed by atoms with Crippen molar-refractivity contribution in [2.45, 2.75) is 19.1 Å². The molecule has 0 bridgehead atoms. The molecule has 2 aromatic rings. The minimum absolute atomic E-state index is 0.139. The van der Waals surface area contributed by atoms with E-state index in [-0.39, 0.29) is 6.61 Å². The molecule has 2 N–H and O–H groups in total. The largest absolute Gasteiger partial charge is 0.490 e. The third kappa shape index (κ3) is 3.82. The summed E-state index contributed by atoms with van der Waals surface area (Å²) in [5.74, 6) is 0.573. The van der Waals surface area contributed by atoms with Gasteiger partial charge in [0.1, 0.15) is 18.5 Å². The Hall–Kier alpha value is -1.36. The topological polar surface area (TPSA) is 49.7 Å². The predicted octanol–water partition coefficient (Wildman–Crippen LogP) is 3.61. The Labute approximate surface area is 127 Å². The van der Waals surface area contributed by atoms with Crippen LogP contribution in [0, 0.1) is 0 Å².